The highest BCUT2D eigenvalue weighted by atomic mass is 35.5. The molecule has 0 bridgehead atoms. The third-order valence-electron chi connectivity index (χ3n) is 8.63. The summed E-state index contributed by atoms with van der Waals surface area (Å²) in [6.45, 7) is 11.0. The number of sulfone groups is 1. The smallest absolute Gasteiger partial charge is 0.306 e. The molecule has 1 aliphatic rings. The Morgan fingerprint density at radius 2 is 1.73 bits per heavy atom. The lowest BCUT2D eigenvalue weighted by Gasteiger charge is -2.35. The molecule has 0 saturated carbocycles. The summed E-state index contributed by atoms with van der Waals surface area (Å²) in [7, 11) is -3.45. The van der Waals surface area contributed by atoms with E-state index in [2.05, 4.69) is 21.9 Å². The summed E-state index contributed by atoms with van der Waals surface area (Å²) in [5.74, 6) is 4.19. The average Bonchev–Trinajstić information content (AvgIpc) is 3.63. The molecule has 0 saturated heterocycles. The van der Waals surface area contributed by atoms with Gasteiger partial charge in [0, 0.05) is 17.2 Å². The quantitative estimate of drug-likeness (QED) is 0.190. The van der Waals surface area contributed by atoms with Crippen molar-refractivity contribution in [1.29, 1.82) is 0 Å². The van der Waals surface area contributed by atoms with Gasteiger partial charge in [0.2, 0.25) is 6.43 Å². The molecule has 11 nitrogen and oxygen atoms in total. The standard InChI is InChI=1S/C36H43ClF2N6O5S/c1-33(2,3)20-36(25-12-9-23(10-13-25)15-16-35(6,7)51(8,48)49)31(47)45(32(40)43-36)28(19-50-29(46)18-34(4,5)30(38)39)24-11-14-26(37)27(17-24)44-22-41-21-42-44/h9-14,17,21-22,28,30H,18-20H2,1-8H3,(H2,40,43)/t28-,36-/m1/s1. The number of hydrogen-bond donors (Lipinski definition) is 1. The number of carbonyl (C=O) groups excluding carboxylic acids is 2. The van der Waals surface area contributed by atoms with Crippen molar-refractivity contribution in [2.45, 2.75) is 84.1 Å². The molecule has 0 radical (unpaired) electrons. The van der Waals surface area contributed by atoms with Crippen LogP contribution in [0.1, 0.15) is 84.0 Å². The summed E-state index contributed by atoms with van der Waals surface area (Å²) in [4.78, 5) is 37.8. The topological polar surface area (TPSA) is 150 Å². The Balaban J connectivity index is 1.79. The molecule has 4 rings (SSSR count). The van der Waals surface area contributed by atoms with Crippen LogP contribution in [0.15, 0.2) is 60.1 Å². The minimum absolute atomic E-state index is 0.144. The van der Waals surface area contributed by atoms with Crippen LogP contribution in [-0.4, -0.2) is 70.0 Å². The van der Waals surface area contributed by atoms with Gasteiger partial charge in [-0.15, -0.1) is 0 Å². The largest absolute Gasteiger partial charge is 0.463 e. The van der Waals surface area contributed by atoms with Crippen molar-refractivity contribution < 1.29 is 31.5 Å². The number of benzene rings is 2. The van der Waals surface area contributed by atoms with Crippen LogP contribution in [0.25, 0.3) is 5.69 Å². The fourth-order valence-corrected chi connectivity index (χ4v) is 5.90. The van der Waals surface area contributed by atoms with Gasteiger partial charge in [-0.25, -0.2) is 31.9 Å². The second-order valence-electron chi connectivity index (χ2n) is 15.1. The van der Waals surface area contributed by atoms with E-state index < -0.39 is 68.3 Å². The number of ether oxygens (including phenoxy) is 1. The molecule has 2 N–H and O–H groups in total. The first-order chi connectivity index (χ1) is 23.5. The molecule has 1 aliphatic heterocycles. The normalized spacial score (nSPS) is 17.6. The first-order valence-electron chi connectivity index (χ1n) is 16.1. The van der Waals surface area contributed by atoms with Crippen LogP contribution < -0.4 is 5.73 Å². The molecule has 2 heterocycles. The second-order valence-corrected chi connectivity index (χ2v) is 18.0. The van der Waals surface area contributed by atoms with Crippen molar-refractivity contribution in [3.05, 3.63) is 76.8 Å². The molecule has 15 heteroatoms. The number of esters is 1. The first kappa shape index (κ1) is 39.4. The minimum Gasteiger partial charge on any atom is -0.463 e. The zero-order valence-corrected chi connectivity index (χ0v) is 31.4. The zero-order valence-electron chi connectivity index (χ0n) is 29.9. The van der Waals surface area contributed by atoms with E-state index in [1.807, 2.05) is 20.8 Å². The molecule has 1 amide bonds. The predicted octanol–water partition coefficient (Wildman–Crippen LogP) is 5.85. The lowest BCUT2D eigenvalue weighted by molar-refractivity contribution is -0.152. The predicted molar refractivity (Wildman–Crippen MR) is 191 cm³/mol. The van der Waals surface area contributed by atoms with Crippen LogP contribution in [0.5, 0.6) is 0 Å². The van der Waals surface area contributed by atoms with Gasteiger partial charge < -0.3 is 10.5 Å². The molecular weight excluding hydrogens is 702 g/mol. The SMILES string of the molecule is CC(C)(C)C[C@]1(c2ccc(C#CC(C)(C)S(C)(=O)=O)cc2)N=C(N)N([C@H](COC(=O)CC(C)(C)C(F)F)c2ccc(Cl)c(-n3cncn3)c2)C1=O. The molecule has 2 aromatic carbocycles. The van der Waals surface area contributed by atoms with E-state index in [-0.39, 0.29) is 12.4 Å². The Hall–Kier alpha value is -4.35. The van der Waals surface area contributed by atoms with Gasteiger partial charge in [0.1, 0.15) is 24.0 Å². The van der Waals surface area contributed by atoms with Gasteiger partial charge in [0.05, 0.1) is 23.2 Å². The van der Waals surface area contributed by atoms with E-state index in [0.29, 0.717) is 27.4 Å². The van der Waals surface area contributed by atoms with Crippen molar-refractivity contribution in [2.24, 2.45) is 21.6 Å². The number of nitrogens with two attached hydrogens (primary N) is 1. The van der Waals surface area contributed by atoms with Crippen molar-refractivity contribution >= 4 is 39.3 Å². The molecule has 1 aromatic heterocycles. The van der Waals surface area contributed by atoms with Gasteiger partial charge in [-0.2, -0.15) is 5.10 Å². The van der Waals surface area contributed by atoms with Crippen molar-refractivity contribution in [1.82, 2.24) is 19.7 Å². The number of nitrogens with zero attached hydrogens (tertiary/aromatic N) is 5. The highest BCUT2D eigenvalue weighted by Crippen LogP contribution is 2.45. The molecule has 0 unspecified atom stereocenters. The van der Waals surface area contributed by atoms with E-state index in [1.165, 1.54) is 49.9 Å². The fourth-order valence-electron chi connectivity index (χ4n) is 5.46. The summed E-state index contributed by atoms with van der Waals surface area (Å²) in [6, 6.07) is 10.6. The lowest BCUT2D eigenvalue weighted by atomic mass is 9.75. The monoisotopic (exact) mass is 744 g/mol. The second kappa shape index (κ2) is 14.3. The molecule has 274 valence electrons. The van der Waals surface area contributed by atoms with E-state index in [9.17, 15) is 26.8 Å². The fraction of sp³-hybridized carbons (Fsp3) is 0.472. The van der Waals surface area contributed by atoms with Crippen molar-refractivity contribution in [3.8, 4) is 17.5 Å². The van der Waals surface area contributed by atoms with Gasteiger partial charge in [-0.3, -0.25) is 14.5 Å². The van der Waals surface area contributed by atoms with Gasteiger partial charge in [0.25, 0.3) is 5.91 Å². The van der Waals surface area contributed by atoms with Crippen molar-refractivity contribution in [3.63, 3.8) is 0 Å². The summed E-state index contributed by atoms with van der Waals surface area (Å²) >= 11 is 6.51. The molecule has 0 fully saturated rings. The van der Waals surface area contributed by atoms with Crippen LogP contribution in [-0.2, 0) is 29.7 Å². The number of amides is 1. The molecule has 0 aliphatic carbocycles. The minimum atomic E-state index is -3.45. The number of hydrogen-bond acceptors (Lipinski definition) is 9. The number of halogens is 3. The van der Waals surface area contributed by atoms with Crippen LogP contribution in [0, 0.1) is 22.7 Å². The van der Waals surface area contributed by atoms with E-state index in [4.69, 9.17) is 27.1 Å². The molecule has 2 atom stereocenters. The van der Waals surface area contributed by atoms with Gasteiger partial charge >= 0.3 is 5.97 Å². The molecular formula is C36H43ClF2N6O5S. The lowest BCUT2D eigenvalue weighted by Crippen LogP contribution is -2.47. The Labute approximate surface area is 302 Å². The summed E-state index contributed by atoms with van der Waals surface area (Å²) < 4.78 is 57.2. The van der Waals surface area contributed by atoms with E-state index in [1.54, 1.807) is 42.5 Å². The Morgan fingerprint density at radius 3 is 2.27 bits per heavy atom. The maximum atomic E-state index is 14.9. The summed E-state index contributed by atoms with van der Waals surface area (Å²) in [5.41, 5.74) is 4.90. The Kier molecular flexibility index (Phi) is 11.1. The number of aromatic nitrogens is 3. The first-order valence-corrected chi connectivity index (χ1v) is 18.3. The van der Waals surface area contributed by atoms with Gasteiger partial charge in [-0.05, 0) is 61.1 Å². The highest BCUT2D eigenvalue weighted by molar-refractivity contribution is 7.92. The average molecular weight is 745 g/mol. The number of rotatable bonds is 11. The zero-order chi connectivity index (χ0) is 38.2. The third kappa shape index (κ3) is 8.76. The van der Waals surface area contributed by atoms with Crippen LogP contribution in [0.3, 0.4) is 0 Å². The molecule has 0 spiro atoms. The maximum absolute atomic E-state index is 14.9. The Morgan fingerprint density at radius 1 is 1.08 bits per heavy atom. The van der Waals surface area contributed by atoms with Gasteiger partial charge in [-0.1, -0.05) is 76.3 Å². The van der Waals surface area contributed by atoms with Crippen LogP contribution in [0.2, 0.25) is 5.02 Å². The number of alkyl halides is 2. The maximum Gasteiger partial charge on any atom is 0.306 e. The van der Waals surface area contributed by atoms with E-state index >= 15 is 0 Å². The molecule has 51 heavy (non-hydrogen) atoms. The highest BCUT2D eigenvalue weighted by Gasteiger charge is 2.53. The third-order valence-corrected chi connectivity index (χ3v) is 10.9. The van der Waals surface area contributed by atoms with Crippen LogP contribution >= 0.6 is 11.6 Å². The van der Waals surface area contributed by atoms with E-state index in [0.717, 1.165) is 6.26 Å². The number of guanidine groups is 1. The van der Waals surface area contributed by atoms with Crippen molar-refractivity contribution in [2.75, 3.05) is 12.9 Å². The van der Waals surface area contributed by atoms with Crippen LogP contribution in [0.4, 0.5) is 8.78 Å². The number of carbonyl (C=O) groups is 2. The summed E-state index contributed by atoms with van der Waals surface area (Å²) in [6.07, 6.45) is 0.775. The van der Waals surface area contributed by atoms with Gasteiger partial charge in [0.15, 0.2) is 21.3 Å². The Bertz CT molecular complexity index is 1980. The summed E-state index contributed by atoms with van der Waals surface area (Å²) in [5, 5.41) is 4.47. The molecule has 3 aromatic rings. The number of aliphatic imine (C=N–C) groups is 1.